The lowest BCUT2D eigenvalue weighted by molar-refractivity contribution is -0.918. The van der Waals surface area contributed by atoms with E-state index in [-0.39, 0.29) is 5.41 Å². The fraction of sp³-hybridized carbons (Fsp3) is 0.909. The van der Waals surface area contributed by atoms with Gasteiger partial charge in [-0.2, -0.15) is 0 Å². The van der Waals surface area contributed by atoms with Gasteiger partial charge in [0.1, 0.15) is 18.5 Å². The summed E-state index contributed by atoms with van der Waals surface area (Å²) in [5.41, 5.74) is 1.34. The van der Waals surface area contributed by atoms with Crippen LogP contribution >= 0.6 is 0 Å². The van der Waals surface area contributed by atoms with Crippen molar-refractivity contribution in [3.63, 3.8) is 0 Å². The molecule has 0 aliphatic carbocycles. The van der Waals surface area contributed by atoms with Gasteiger partial charge in [-0.3, -0.25) is 0 Å². The molecule has 84 valence electrons. The van der Waals surface area contributed by atoms with Crippen molar-refractivity contribution in [2.75, 3.05) is 39.3 Å². The van der Waals surface area contributed by atoms with Crippen LogP contribution < -0.4 is 9.80 Å². The Morgan fingerprint density at radius 2 is 1.93 bits per heavy atom. The van der Waals surface area contributed by atoms with Crippen molar-refractivity contribution in [3.8, 4) is 0 Å². The van der Waals surface area contributed by atoms with Gasteiger partial charge in [0.15, 0.2) is 0 Å². The minimum Gasteiger partial charge on any atom is -0.411 e. The third-order valence-electron chi connectivity index (χ3n) is 4.79. The Kier molecular flexibility index (Phi) is 2.04. The van der Waals surface area contributed by atoms with Crippen LogP contribution in [0.25, 0.3) is 0 Å². The van der Waals surface area contributed by atoms with Gasteiger partial charge in [-0.1, -0.05) is 12.1 Å². The number of nitrogens with one attached hydrogen (secondary N) is 2. The van der Waals surface area contributed by atoms with E-state index in [0.29, 0.717) is 5.92 Å². The summed E-state index contributed by atoms with van der Waals surface area (Å²) in [7, 11) is 0. The highest BCUT2D eigenvalue weighted by Crippen LogP contribution is 2.30. The molecule has 4 heteroatoms. The minimum absolute atomic E-state index is 0.219. The van der Waals surface area contributed by atoms with Crippen LogP contribution in [-0.4, -0.2) is 50.2 Å². The van der Waals surface area contributed by atoms with E-state index in [4.69, 9.17) is 0 Å². The number of hydrogen-bond acceptors (Lipinski definition) is 2. The zero-order chi connectivity index (χ0) is 10.5. The predicted octanol–water partition coefficient (Wildman–Crippen LogP) is -2.36. The molecule has 0 aromatic rings. The van der Waals surface area contributed by atoms with Gasteiger partial charge >= 0.3 is 0 Å². The lowest BCUT2D eigenvalue weighted by atomic mass is 9.69. The molecule has 2 unspecified atom stereocenters. The third kappa shape index (κ3) is 1.24. The van der Waals surface area contributed by atoms with E-state index >= 15 is 0 Å². The Morgan fingerprint density at radius 3 is 2.40 bits per heavy atom. The third-order valence-corrected chi connectivity index (χ3v) is 4.79. The second-order valence-electron chi connectivity index (χ2n) is 5.58. The van der Waals surface area contributed by atoms with Crippen molar-refractivity contribution < 1.29 is 15.0 Å². The lowest BCUT2D eigenvalue weighted by Gasteiger charge is -2.44. The van der Waals surface area contributed by atoms with Gasteiger partial charge in [-0.05, 0) is 6.42 Å². The van der Waals surface area contributed by atoms with Crippen LogP contribution in [0.1, 0.15) is 13.3 Å². The molecule has 15 heavy (non-hydrogen) atoms. The molecular weight excluding hydrogens is 190 g/mol. The normalized spacial score (nSPS) is 51.0. The van der Waals surface area contributed by atoms with Crippen LogP contribution in [0.3, 0.4) is 0 Å². The zero-order valence-electron chi connectivity index (χ0n) is 9.42. The molecule has 4 saturated heterocycles. The Balaban J connectivity index is 2.04. The molecule has 0 spiro atoms. The van der Waals surface area contributed by atoms with Gasteiger partial charge in [0, 0.05) is 0 Å². The van der Waals surface area contributed by atoms with Crippen molar-refractivity contribution in [3.05, 3.63) is 0 Å². The molecule has 4 rings (SSSR count). The molecule has 4 aliphatic heterocycles. The predicted molar refractivity (Wildman–Crippen MR) is 56.6 cm³/mol. The van der Waals surface area contributed by atoms with Crippen LogP contribution in [0.4, 0.5) is 0 Å². The average molecular weight is 211 g/mol. The van der Waals surface area contributed by atoms with Crippen LogP contribution in [0.5, 0.6) is 0 Å². The maximum Gasteiger partial charge on any atom is 0.127 e. The first kappa shape index (κ1) is 9.60. The first-order chi connectivity index (χ1) is 7.27. The fourth-order valence-corrected chi connectivity index (χ4v) is 4.09. The molecule has 3 N–H and O–H groups in total. The van der Waals surface area contributed by atoms with Gasteiger partial charge in [0.25, 0.3) is 0 Å². The summed E-state index contributed by atoms with van der Waals surface area (Å²) in [5, 5.41) is 12.9. The van der Waals surface area contributed by atoms with E-state index in [2.05, 4.69) is 12.1 Å². The smallest absolute Gasteiger partial charge is 0.127 e. The van der Waals surface area contributed by atoms with Gasteiger partial charge in [-0.25, -0.2) is 0 Å². The first-order valence-electron chi connectivity index (χ1n) is 6.17. The second-order valence-corrected chi connectivity index (χ2v) is 5.58. The fourth-order valence-electron chi connectivity index (χ4n) is 4.09. The monoisotopic (exact) mass is 211 g/mol. The summed E-state index contributed by atoms with van der Waals surface area (Å²) in [6.45, 7) is 9.67. The number of fused-ring (bicyclic) bond motifs is 1. The maximum absolute atomic E-state index is 9.26. The molecule has 4 aliphatic rings. The van der Waals surface area contributed by atoms with Crippen LogP contribution in [0.15, 0.2) is 5.16 Å². The lowest BCUT2D eigenvalue weighted by Crippen LogP contribution is -3.17. The van der Waals surface area contributed by atoms with Crippen molar-refractivity contribution in [1.82, 2.24) is 0 Å². The summed E-state index contributed by atoms with van der Waals surface area (Å²) in [4.78, 5) is 3.48. The quantitative estimate of drug-likeness (QED) is 0.330. The van der Waals surface area contributed by atoms with E-state index in [9.17, 15) is 5.21 Å². The average Bonchev–Trinajstić information content (AvgIpc) is 2.47. The van der Waals surface area contributed by atoms with Crippen LogP contribution in [0, 0.1) is 11.3 Å². The number of hydrogen-bond donors (Lipinski definition) is 3. The SMILES string of the molecule is CCC12C[NH+]3CC[NH+](CC(C3)/C1=N/O)C2. The molecule has 4 fully saturated rings. The highest BCUT2D eigenvalue weighted by atomic mass is 16.4. The Morgan fingerprint density at radius 1 is 1.33 bits per heavy atom. The van der Waals surface area contributed by atoms with Gasteiger partial charge in [-0.15, -0.1) is 0 Å². The minimum atomic E-state index is 0.219. The first-order valence-corrected chi connectivity index (χ1v) is 6.17. The molecular formula is C11H21N3O+2. The molecule has 0 saturated carbocycles. The summed E-state index contributed by atoms with van der Waals surface area (Å²) in [5.74, 6) is 0.546. The standard InChI is InChI=1S/C11H19N3O/c1-2-11-7-13-3-4-14(8-11)6-9(5-13)10(11)12-15/h9,15H,2-8H2,1H3/p+2/b12-10-. The molecule has 0 aromatic carbocycles. The van der Waals surface area contributed by atoms with Crippen molar-refractivity contribution in [2.24, 2.45) is 16.5 Å². The number of quaternary nitrogens is 2. The van der Waals surface area contributed by atoms with Crippen molar-refractivity contribution >= 4 is 5.71 Å². The molecule has 4 heterocycles. The molecule has 0 radical (unpaired) electrons. The summed E-state index contributed by atoms with van der Waals surface area (Å²) in [6.07, 6.45) is 1.13. The van der Waals surface area contributed by atoms with E-state index in [1.165, 1.54) is 39.3 Å². The molecule has 2 atom stereocenters. The topological polar surface area (TPSA) is 41.5 Å². The van der Waals surface area contributed by atoms with Crippen LogP contribution in [0.2, 0.25) is 0 Å². The van der Waals surface area contributed by atoms with E-state index in [0.717, 1.165) is 12.1 Å². The molecule has 4 nitrogen and oxygen atoms in total. The zero-order valence-corrected chi connectivity index (χ0v) is 9.42. The Hall–Kier alpha value is -0.610. The highest BCUT2D eigenvalue weighted by Gasteiger charge is 2.56. The highest BCUT2D eigenvalue weighted by molar-refractivity contribution is 5.93. The number of rotatable bonds is 1. The van der Waals surface area contributed by atoms with Gasteiger partial charge in [0.05, 0.1) is 37.8 Å². The van der Waals surface area contributed by atoms with Crippen molar-refractivity contribution in [1.29, 1.82) is 0 Å². The Bertz CT molecular complexity index is 286. The summed E-state index contributed by atoms with van der Waals surface area (Å²) in [6, 6.07) is 0. The largest absolute Gasteiger partial charge is 0.411 e. The maximum atomic E-state index is 9.26. The van der Waals surface area contributed by atoms with Gasteiger partial charge in [0.2, 0.25) is 0 Å². The molecule has 0 aromatic heterocycles. The van der Waals surface area contributed by atoms with E-state index < -0.39 is 0 Å². The van der Waals surface area contributed by atoms with Crippen LogP contribution in [-0.2, 0) is 0 Å². The summed E-state index contributed by atoms with van der Waals surface area (Å²) < 4.78 is 0. The number of nitrogens with zero attached hydrogens (tertiary/aromatic N) is 1. The van der Waals surface area contributed by atoms with E-state index in [1.54, 1.807) is 9.80 Å². The van der Waals surface area contributed by atoms with E-state index in [1.807, 2.05) is 0 Å². The van der Waals surface area contributed by atoms with Gasteiger partial charge < -0.3 is 15.0 Å². The molecule has 4 bridgehead atoms. The molecule has 0 amide bonds. The second kappa shape index (κ2) is 3.19. The number of piperidine rings is 2. The Labute approximate surface area is 90.5 Å². The van der Waals surface area contributed by atoms with Crippen molar-refractivity contribution in [2.45, 2.75) is 13.3 Å². The summed E-state index contributed by atoms with van der Waals surface area (Å²) >= 11 is 0. The number of oxime groups is 1.